The molecular weight excluding hydrogens is 336 g/mol. The molecule has 1 unspecified atom stereocenters. The van der Waals surface area contributed by atoms with E-state index < -0.39 is 0 Å². The van der Waals surface area contributed by atoms with Gasteiger partial charge in [0.05, 0.1) is 13.2 Å². The number of nitrogens with zero attached hydrogens (tertiary/aromatic N) is 1. The lowest BCUT2D eigenvalue weighted by Gasteiger charge is -2.29. The van der Waals surface area contributed by atoms with Crippen LogP contribution in [0, 0.1) is 0 Å². The maximum atomic E-state index is 6.22. The molecule has 1 aliphatic heterocycles. The van der Waals surface area contributed by atoms with Gasteiger partial charge in [-0.1, -0.05) is 17.7 Å². The van der Waals surface area contributed by atoms with Crippen molar-refractivity contribution in [3.63, 3.8) is 0 Å². The Kier molecular flexibility index (Phi) is 5.84. The number of halogens is 1. The number of rotatable bonds is 6. The number of hydrogen-bond donors (Lipinski definition) is 1. The molecular formula is C20H25ClN2O2. The number of methoxy groups -OCH3 is 1. The van der Waals surface area contributed by atoms with Gasteiger partial charge in [-0.3, -0.25) is 0 Å². The standard InChI is InChI=1S/C20H25ClN2O2/c1-23(2)10-11-25-16-5-6-17-14(12-16)8-9-22-20(17)18-13-15(21)4-7-19(18)24-3/h4-7,12-13,20,22H,8-11H2,1-3H3. The molecule has 1 atom stereocenters. The molecule has 1 heterocycles. The average molecular weight is 361 g/mol. The van der Waals surface area contributed by atoms with E-state index in [0.29, 0.717) is 11.6 Å². The van der Waals surface area contributed by atoms with E-state index in [0.717, 1.165) is 36.6 Å². The number of ether oxygens (including phenoxy) is 2. The van der Waals surface area contributed by atoms with Gasteiger partial charge in [0.25, 0.3) is 0 Å². The zero-order valence-electron chi connectivity index (χ0n) is 15.0. The van der Waals surface area contributed by atoms with Crippen LogP contribution in [-0.4, -0.2) is 45.8 Å². The largest absolute Gasteiger partial charge is 0.496 e. The van der Waals surface area contributed by atoms with Crippen molar-refractivity contribution in [3.8, 4) is 11.5 Å². The second-order valence-electron chi connectivity index (χ2n) is 6.54. The smallest absolute Gasteiger partial charge is 0.124 e. The quantitative estimate of drug-likeness (QED) is 0.854. The minimum Gasteiger partial charge on any atom is -0.496 e. The summed E-state index contributed by atoms with van der Waals surface area (Å²) < 4.78 is 11.4. The van der Waals surface area contributed by atoms with Crippen molar-refractivity contribution in [2.45, 2.75) is 12.5 Å². The second-order valence-corrected chi connectivity index (χ2v) is 6.97. The molecule has 0 amide bonds. The molecule has 0 aliphatic carbocycles. The topological polar surface area (TPSA) is 33.7 Å². The highest BCUT2D eigenvalue weighted by Gasteiger charge is 2.24. The Balaban J connectivity index is 1.86. The van der Waals surface area contributed by atoms with Crippen LogP contribution in [0.3, 0.4) is 0 Å². The van der Waals surface area contributed by atoms with E-state index in [1.54, 1.807) is 7.11 Å². The average Bonchev–Trinajstić information content (AvgIpc) is 2.60. The lowest BCUT2D eigenvalue weighted by Crippen LogP contribution is -2.31. The predicted molar refractivity (Wildman–Crippen MR) is 102 cm³/mol. The van der Waals surface area contributed by atoms with Crippen molar-refractivity contribution in [1.82, 2.24) is 10.2 Å². The first-order valence-corrected chi connectivity index (χ1v) is 8.93. The molecule has 2 aromatic carbocycles. The van der Waals surface area contributed by atoms with Gasteiger partial charge in [0.2, 0.25) is 0 Å². The van der Waals surface area contributed by atoms with Crippen molar-refractivity contribution in [1.29, 1.82) is 0 Å². The summed E-state index contributed by atoms with van der Waals surface area (Å²) in [4.78, 5) is 2.11. The van der Waals surface area contributed by atoms with Gasteiger partial charge in [-0.25, -0.2) is 0 Å². The summed E-state index contributed by atoms with van der Waals surface area (Å²) in [7, 11) is 5.79. The van der Waals surface area contributed by atoms with Crippen molar-refractivity contribution < 1.29 is 9.47 Å². The number of nitrogens with one attached hydrogen (secondary N) is 1. The van der Waals surface area contributed by atoms with E-state index in [1.165, 1.54) is 11.1 Å². The monoisotopic (exact) mass is 360 g/mol. The van der Waals surface area contributed by atoms with Gasteiger partial charge >= 0.3 is 0 Å². The first kappa shape index (κ1) is 18.1. The highest BCUT2D eigenvalue weighted by Crippen LogP contribution is 2.36. The summed E-state index contributed by atoms with van der Waals surface area (Å²) in [6.07, 6.45) is 0.986. The Hall–Kier alpha value is -1.75. The highest BCUT2D eigenvalue weighted by atomic mass is 35.5. The summed E-state index contributed by atoms with van der Waals surface area (Å²) >= 11 is 6.22. The summed E-state index contributed by atoms with van der Waals surface area (Å²) in [5.41, 5.74) is 3.64. The third-order valence-electron chi connectivity index (χ3n) is 4.48. The van der Waals surface area contributed by atoms with Crippen LogP contribution in [0.4, 0.5) is 0 Å². The van der Waals surface area contributed by atoms with Crippen LogP contribution in [0.2, 0.25) is 5.02 Å². The molecule has 134 valence electrons. The molecule has 4 nitrogen and oxygen atoms in total. The summed E-state index contributed by atoms with van der Waals surface area (Å²) in [6, 6.07) is 12.2. The predicted octanol–water partition coefficient (Wildman–Crippen LogP) is 3.52. The Morgan fingerprint density at radius 2 is 2.00 bits per heavy atom. The van der Waals surface area contributed by atoms with E-state index in [4.69, 9.17) is 21.1 Å². The highest BCUT2D eigenvalue weighted by molar-refractivity contribution is 6.30. The van der Waals surface area contributed by atoms with Crippen LogP contribution in [0.25, 0.3) is 0 Å². The maximum Gasteiger partial charge on any atom is 0.124 e. The lowest BCUT2D eigenvalue weighted by atomic mass is 9.89. The van der Waals surface area contributed by atoms with E-state index in [2.05, 4.69) is 22.3 Å². The van der Waals surface area contributed by atoms with Gasteiger partial charge in [-0.15, -0.1) is 0 Å². The molecule has 5 heteroatoms. The van der Waals surface area contributed by atoms with Crippen LogP contribution in [0.1, 0.15) is 22.7 Å². The van der Waals surface area contributed by atoms with E-state index in [-0.39, 0.29) is 6.04 Å². The first-order chi connectivity index (χ1) is 12.1. The molecule has 0 bridgehead atoms. The zero-order valence-corrected chi connectivity index (χ0v) is 15.8. The fourth-order valence-corrected chi connectivity index (χ4v) is 3.37. The molecule has 0 saturated heterocycles. The summed E-state index contributed by atoms with van der Waals surface area (Å²) in [5.74, 6) is 1.78. The maximum absolute atomic E-state index is 6.22. The molecule has 0 aromatic heterocycles. The summed E-state index contributed by atoms with van der Waals surface area (Å²) in [6.45, 7) is 2.51. The number of fused-ring (bicyclic) bond motifs is 1. The third kappa shape index (κ3) is 4.27. The van der Waals surface area contributed by atoms with Gasteiger partial charge in [0, 0.05) is 23.7 Å². The molecule has 0 spiro atoms. The fourth-order valence-electron chi connectivity index (χ4n) is 3.19. The molecule has 0 saturated carbocycles. The molecule has 25 heavy (non-hydrogen) atoms. The van der Waals surface area contributed by atoms with Crippen molar-refractivity contribution in [2.75, 3.05) is 40.9 Å². The summed E-state index contributed by atoms with van der Waals surface area (Å²) in [5, 5.41) is 4.30. The normalized spacial score (nSPS) is 16.6. The number of likely N-dealkylation sites (N-methyl/N-ethyl adjacent to an activating group) is 1. The van der Waals surface area contributed by atoms with Crippen molar-refractivity contribution in [3.05, 3.63) is 58.1 Å². The Labute approximate surface area is 154 Å². The minimum atomic E-state index is 0.0771. The van der Waals surface area contributed by atoms with Crippen LogP contribution in [0.15, 0.2) is 36.4 Å². The van der Waals surface area contributed by atoms with Gasteiger partial charge in [0.15, 0.2) is 0 Å². The first-order valence-electron chi connectivity index (χ1n) is 8.55. The van der Waals surface area contributed by atoms with Crippen molar-refractivity contribution in [2.24, 2.45) is 0 Å². The SMILES string of the molecule is COc1ccc(Cl)cc1C1NCCc2cc(OCCN(C)C)ccc21. The van der Waals surface area contributed by atoms with Crippen LogP contribution in [0.5, 0.6) is 11.5 Å². The number of hydrogen-bond acceptors (Lipinski definition) is 4. The Morgan fingerprint density at radius 3 is 2.76 bits per heavy atom. The van der Waals surface area contributed by atoms with Crippen LogP contribution >= 0.6 is 11.6 Å². The molecule has 1 N–H and O–H groups in total. The van der Waals surface area contributed by atoms with Crippen LogP contribution in [-0.2, 0) is 6.42 Å². The third-order valence-corrected chi connectivity index (χ3v) is 4.71. The lowest BCUT2D eigenvalue weighted by molar-refractivity contribution is 0.261. The second kappa shape index (κ2) is 8.09. The van der Waals surface area contributed by atoms with Gasteiger partial charge in [-0.05, 0) is 62.0 Å². The van der Waals surface area contributed by atoms with Gasteiger partial charge in [0.1, 0.15) is 18.1 Å². The van der Waals surface area contributed by atoms with E-state index in [9.17, 15) is 0 Å². The van der Waals surface area contributed by atoms with Gasteiger partial charge in [-0.2, -0.15) is 0 Å². The van der Waals surface area contributed by atoms with Gasteiger partial charge < -0.3 is 19.7 Å². The molecule has 2 aromatic rings. The molecule has 1 aliphatic rings. The van der Waals surface area contributed by atoms with E-state index in [1.807, 2.05) is 38.4 Å². The zero-order chi connectivity index (χ0) is 17.8. The molecule has 3 rings (SSSR count). The van der Waals surface area contributed by atoms with E-state index >= 15 is 0 Å². The Bertz CT molecular complexity index is 734. The fraction of sp³-hybridized carbons (Fsp3) is 0.400. The van der Waals surface area contributed by atoms with Crippen molar-refractivity contribution >= 4 is 11.6 Å². The number of benzene rings is 2. The minimum absolute atomic E-state index is 0.0771. The van der Waals surface area contributed by atoms with Crippen LogP contribution < -0.4 is 14.8 Å². The Morgan fingerprint density at radius 1 is 1.16 bits per heavy atom. The molecule has 0 radical (unpaired) electrons. The molecule has 0 fully saturated rings.